The molecule has 0 rings (SSSR count). The van der Waals surface area contributed by atoms with E-state index in [1.807, 2.05) is 0 Å². The van der Waals surface area contributed by atoms with E-state index in [1.165, 1.54) is 0 Å². The zero-order chi connectivity index (χ0) is 10.7. The van der Waals surface area contributed by atoms with Gasteiger partial charge in [-0.2, -0.15) is 0 Å². The smallest absolute Gasteiger partial charge is 0.652 e. The van der Waals surface area contributed by atoms with Crippen molar-refractivity contribution in [2.24, 2.45) is 0 Å². The van der Waals surface area contributed by atoms with Gasteiger partial charge < -0.3 is 46.4 Å². The fourth-order valence-electron chi connectivity index (χ4n) is 0. The zero-order valence-corrected chi connectivity index (χ0v) is 12.3. The average molecular weight is 247 g/mol. The van der Waals surface area contributed by atoms with Crippen LogP contribution in [0, 0.1) is 0 Å². The van der Waals surface area contributed by atoms with Crippen molar-refractivity contribution in [3.05, 3.63) is 0 Å². The van der Waals surface area contributed by atoms with Gasteiger partial charge in [-0.15, -0.1) is 0 Å². The maximum atomic E-state index is 8.56. The fraction of sp³-hybridized carbons (Fsp3) is 0. The second-order valence-corrected chi connectivity index (χ2v) is 0.798. The Morgan fingerprint density at radius 2 is 0.800 bits per heavy atom. The topological polar surface area (TPSA) is 218 Å². The molecule has 0 fully saturated rings. The molecule has 0 spiro atoms. The normalized spacial score (nSPS) is 4.80. The summed E-state index contributed by atoms with van der Waals surface area (Å²) in [5.74, 6) is 0. The predicted molar refractivity (Wildman–Crippen MR) is 30.1 cm³/mol. The molecule has 0 aromatic rings. The van der Waals surface area contributed by atoms with Gasteiger partial charge in [-0.25, -0.2) is 4.79 Å². The fourth-order valence-corrected chi connectivity index (χ4v) is 0. The molecule has 0 radical (unpaired) electrons. The van der Waals surface area contributed by atoms with Crippen molar-refractivity contribution in [2.75, 3.05) is 0 Å². The molecule has 0 aromatic carbocycles. The van der Waals surface area contributed by atoms with Gasteiger partial charge in [-0.05, 0) is 6.16 Å². The molecule has 0 saturated heterocycles. The van der Waals surface area contributed by atoms with Crippen molar-refractivity contribution in [1.82, 2.24) is 6.15 Å². The van der Waals surface area contributed by atoms with Gasteiger partial charge in [-0.3, -0.25) is 0 Å². The second kappa shape index (κ2) is 29.2. The van der Waals surface area contributed by atoms with E-state index in [9.17, 15) is 0 Å². The van der Waals surface area contributed by atoms with E-state index in [0.29, 0.717) is 0 Å². The molecule has 0 bridgehead atoms. The molecule has 15 heavy (non-hydrogen) atoms. The number of hydrogen-bond acceptors (Lipinski definition) is 6. The summed E-state index contributed by atoms with van der Waals surface area (Å²) in [7, 11) is 0. The Kier molecular flexibility index (Phi) is 70.9. The van der Waals surface area contributed by atoms with Gasteiger partial charge in [0.2, 0.25) is 6.16 Å². The summed E-state index contributed by atoms with van der Waals surface area (Å²) in [6.07, 6.45) is -6.25. The minimum atomic E-state index is -2.33. The van der Waals surface area contributed by atoms with Crippen molar-refractivity contribution in [1.29, 1.82) is 0 Å². The number of carbonyl (C=O) groups excluding carboxylic acids is 1. The largest absolute Gasteiger partial charge is 1.00 e. The van der Waals surface area contributed by atoms with Crippen molar-refractivity contribution >= 4 is 18.5 Å². The molecule has 0 saturated carbocycles. The van der Waals surface area contributed by atoms with E-state index in [0.717, 1.165) is 0 Å². The average Bonchev–Trinajstić information content (AvgIpc) is 1.54. The summed E-state index contributed by atoms with van der Waals surface area (Å²) >= 11 is 0. The number of carboxylic acid groups (broad SMARTS) is 6. The Morgan fingerprint density at radius 3 is 0.800 bits per heavy atom. The molecular weight excluding hydrogens is 240 g/mol. The molecule has 0 aliphatic heterocycles. The van der Waals surface area contributed by atoms with E-state index >= 15 is 0 Å². The van der Waals surface area contributed by atoms with Crippen LogP contribution in [-0.4, -0.2) is 33.8 Å². The molecule has 0 amide bonds. The minimum Gasteiger partial charge on any atom is -0.652 e. The number of quaternary nitrogens is 1. The zero-order valence-electron chi connectivity index (χ0n) is 8.29. The van der Waals surface area contributed by atoms with Crippen molar-refractivity contribution in [3.63, 3.8) is 0 Å². The Balaban J connectivity index is -0.0000000184. The molecule has 0 atom stereocenters. The quantitative estimate of drug-likeness (QED) is 0.298. The third kappa shape index (κ3) is 36100. The molecule has 0 unspecified atom stereocenters. The summed E-state index contributed by atoms with van der Waals surface area (Å²) in [5.41, 5.74) is 0. The van der Waals surface area contributed by atoms with Crippen LogP contribution < -0.4 is 80.6 Å². The van der Waals surface area contributed by atoms with Gasteiger partial charge in [0, 0.05) is 0 Å². The molecule has 0 aliphatic carbocycles. The maximum absolute atomic E-state index is 8.56. The Hall–Kier alpha value is -0.230. The number of carbonyl (C=O) groups is 3. The first kappa shape index (κ1) is 36.4. The van der Waals surface area contributed by atoms with Crippen LogP contribution in [0.4, 0.5) is 14.4 Å². The van der Waals surface area contributed by atoms with Crippen LogP contribution in [0.3, 0.4) is 0 Å². The Bertz CT molecular complexity index is 121. The first-order chi connectivity index (χ1) is 5.20. The van der Waals surface area contributed by atoms with E-state index < -0.39 is 18.5 Å². The van der Waals surface area contributed by atoms with Gasteiger partial charge in [-0.1, -0.05) is 0 Å². The Labute approximate surface area is 128 Å². The SMILES string of the molecule is O=C(O)O.O=C([O-])O.O=C([O-])[O-].[NH4+].[Na+].[Na+]. The van der Waals surface area contributed by atoms with Gasteiger partial charge in [0.15, 0.2) is 0 Å². The van der Waals surface area contributed by atoms with Crippen molar-refractivity contribution < 1.29 is 104 Å². The van der Waals surface area contributed by atoms with Crippen molar-refractivity contribution in [3.8, 4) is 0 Å². The molecule has 0 aromatic heterocycles. The first-order valence-electron chi connectivity index (χ1n) is 1.90. The molecule has 0 aliphatic rings. The van der Waals surface area contributed by atoms with Crippen LogP contribution in [0.5, 0.6) is 0 Å². The third-order valence-electron chi connectivity index (χ3n) is 0. The molecule has 0 heterocycles. The van der Waals surface area contributed by atoms with Gasteiger partial charge >= 0.3 is 65.3 Å². The summed E-state index contributed by atoms with van der Waals surface area (Å²) in [6.45, 7) is 0. The van der Waals surface area contributed by atoms with E-state index in [4.69, 9.17) is 45.0 Å². The van der Waals surface area contributed by atoms with Gasteiger partial charge in [0.05, 0.1) is 0 Å². The standard InChI is InChI=1S/3CH2O3.H3N.2Na/c3*2-1(3)4;;;/h3*(H2,2,3,4);1H3;;/q;;;;2*+1/p-2. The van der Waals surface area contributed by atoms with Crippen LogP contribution in [0.15, 0.2) is 0 Å². The summed E-state index contributed by atoms with van der Waals surface area (Å²) in [6, 6.07) is 0. The van der Waals surface area contributed by atoms with Gasteiger partial charge in [0.1, 0.15) is 0 Å². The van der Waals surface area contributed by atoms with Crippen LogP contribution in [0.2, 0.25) is 0 Å². The summed E-state index contributed by atoms with van der Waals surface area (Å²) in [5, 5.41) is 45.9. The van der Waals surface area contributed by atoms with Crippen molar-refractivity contribution in [2.45, 2.75) is 0 Å². The minimum absolute atomic E-state index is 0. The molecular formula is C3H7NNa2O9. The van der Waals surface area contributed by atoms with E-state index in [2.05, 4.69) is 0 Å². The monoisotopic (exact) mass is 247 g/mol. The number of rotatable bonds is 0. The van der Waals surface area contributed by atoms with Crippen LogP contribution in [0.1, 0.15) is 0 Å². The van der Waals surface area contributed by atoms with E-state index in [-0.39, 0.29) is 65.3 Å². The van der Waals surface area contributed by atoms with Gasteiger partial charge in [0.25, 0.3) is 0 Å². The Morgan fingerprint density at radius 1 is 0.800 bits per heavy atom. The molecule has 10 nitrogen and oxygen atoms in total. The summed E-state index contributed by atoms with van der Waals surface area (Å²) in [4.78, 5) is 25.3. The van der Waals surface area contributed by atoms with Crippen LogP contribution in [-0.2, 0) is 0 Å². The third-order valence-corrected chi connectivity index (χ3v) is 0. The first-order valence-corrected chi connectivity index (χ1v) is 1.90. The van der Waals surface area contributed by atoms with E-state index in [1.54, 1.807) is 0 Å². The predicted octanol–water partition coefficient (Wildman–Crippen LogP) is -8.95. The second-order valence-electron chi connectivity index (χ2n) is 0.798. The maximum Gasteiger partial charge on any atom is 1.00 e. The number of hydrogen-bond donors (Lipinski definition) is 4. The molecule has 12 heteroatoms. The molecule has 80 valence electrons. The van der Waals surface area contributed by atoms with Crippen LogP contribution >= 0.6 is 0 Å². The summed E-state index contributed by atoms with van der Waals surface area (Å²) < 4.78 is 0. The van der Waals surface area contributed by atoms with Crippen LogP contribution in [0.25, 0.3) is 0 Å². The molecule has 7 N–H and O–H groups in total.